The van der Waals surface area contributed by atoms with E-state index in [-0.39, 0.29) is 25.7 Å². The molecule has 2 amide bonds. The van der Waals surface area contributed by atoms with E-state index in [1.165, 1.54) is 20.3 Å². The van der Waals surface area contributed by atoms with Crippen LogP contribution in [0.3, 0.4) is 0 Å². The van der Waals surface area contributed by atoms with Gasteiger partial charge in [0.2, 0.25) is 11.8 Å². The summed E-state index contributed by atoms with van der Waals surface area (Å²) in [4.78, 5) is 39.2. The molecule has 4 atom stereocenters. The van der Waals surface area contributed by atoms with Crippen LogP contribution in [0, 0.1) is 5.92 Å². The zero-order valence-electron chi connectivity index (χ0n) is 19.2. The smallest absolute Gasteiger partial charge is 0.249 e. The lowest BCUT2D eigenvalue weighted by atomic mass is 9.77. The van der Waals surface area contributed by atoms with E-state index in [4.69, 9.17) is 14.2 Å². The summed E-state index contributed by atoms with van der Waals surface area (Å²) in [5, 5.41) is 23.3. The minimum absolute atomic E-state index is 0.0422. The Kier molecular flexibility index (Phi) is 7.20. The molecule has 0 spiro atoms. The Morgan fingerprint density at radius 3 is 2.68 bits per heavy atom. The van der Waals surface area contributed by atoms with Crippen molar-refractivity contribution >= 4 is 18.1 Å². The second-order valence-corrected chi connectivity index (χ2v) is 8.82. The molecule has 10 nitrogen and oxygen atoms in total. The van der Waals surface area contributed by atoms with Gasteiger partial charge in [0.15, 0.2) is 11.5 Å². The van der Waals surface area contributed by atoms with E-state index in [1.54, 1.807) is 17.0 Å². The summed E-state index contributed by atoms with van der Waals surface area (Å²) in [5.41, 5.74) is 1.19. The molecule has 3 N–H and O–H groups in total. The fraction of sp³-hybridized carbons (Fsp3) is 0.542. The number of nitrogens with one attached hydrogen (secondary N) is 1. The molecule has 4 rings (SSSR count). The first kappa shape index (κ1) is 24.2. The number of carbonyl (C=O) groups excluding carboxylic acids is 3. The van der Waals surface area contributed by atoms with Crippen LogP contribution in [-0.4, -0.2) is 92.0 Å². The van der Waals surface area contributed by atoms with Gasteiger partial charge in [-0.05, 0) is 37.0 Å². The van der Waals surface area contributed by atoms with Crippen LogP contribution in [-0.2, 0) is 14.3 Å². The third kappa shape index (κ3) is 4.53. The van der Waals surface area contributed by atoms with Gasteiger partial charge in [0.1, 0.15) is 25.1 Å². The first-order valence-electron chi connectivity index (χ1n) is 11.3. The SMILES string of the molecule is COCC(=O)N(CC1CC1)C1C=C(C(=O)NCCO)C2c3cc(C=O)cc(OC)c3OC2C1O. The van der Waals surface area contributed by atoms with Crippen molar-refractivity contribution < 1.29 is 38.8 Å². The molecule has 4 unspecified atom stereocenters. The van der Waals surface area contributed by atoms with Gasteiger partial charge in [-0.25, -0.2) is 0 Å². The third-order valence-corrected chi connectivity index (χ3v) is 6.51. The molecular weight excluding hydrogens is 444 g/mol. The first-order valence-corrected chi connectivity index (χ1v) is 11.3. The summed E-state index contributed by atoms with van der Waals surface area (Å²) >= 11 is 0. The highest BCUT2D eigenvalue weighted by atomic mass is 16.5. The Morgan fingerprint density at radius 2 is 2.06 bits per heavy atom. The summed E-state index contributed by atoms with van der Waals surface area (Å²) in [5.74, 6) is -0.423. The van der Waals surface area contributed by atoms with E-state index in [0.717, 1.165) is 12.8 Å². The number of hydrogen-bond donors (Lipinski definition) is 3. The van der Waals surface area contributed by atoms with Crippen molar-refractivity contribution in [3.05, 3.63) is 34.9 Å². The number of amides is 2. The van der Waals surface area contributed by atoms with Crippen molar-refractivity contribution in [1.29, 1.82) is 0 Å². The monoisotopic (exact) mass is 474 g/mol. The summed E-state index contributed by atoms with van der Waals surface area (Å²) in [7, 11) is 2.87. The van der Waals surface area contributed by atoms with Crippen LogP contribution < -0.4 is 14.8 Å². The number of aliphatic hydroxyl groups excluding tert-OH is 2. The van der Waals surface area contributed by atoms with Crippen LogP contribution in [0.15, 0.2) is 23.8 Å². The minimum atomic E-state index is -1.14. The Balaban J connectivity index is 1.79. The van der Waals surface area contributed by atoms with Crippen molar-refractivity contribution in [1.82, 2.24) is 10.2 Å². The summed E-state index contributed by atoms with van der Waals surface area (Å²) in [6.45, 7) is 0.0898. The van der Waals surface area contributed by atoms with Crippen molar-refractivity contribution in [2.24, 2.45) is 5.92 Å². The third-order valence-electron chi connectivity index (χ3n) is 6.51. The van der Waals surface area contributed by atoms with Gasteiger partial charge in [-0.1, -0.05) is 0 Å². The number of benzene rings is 1. The lowest BCUT2D eigenvalue weighted by Gasteiger charge is -2.40. The Bertz CT molecular complexity index is 989. The van der Waals surface area contributed by atoms with Crippen molar-refractivity contribution in [3.8, 4) is 11.5 Å². The van der Waals surface area contributed by atoms with Crippen LogP contribution in [0.5, 0.6) is 11.5 Å². The van der Waals surface area contributed by atoms with Gasteiger partial charge in [0.05, 0.1) is 25.7 Å². The number of methoxy groups -OCH3 is 2. The average Bonchev–Trinajstić information content (AvgIpc) is 3.58. The summed E-state index contributed by atoms with van der Waals surface area (Å²) in [6.07, 6.45) is 2.24. The number of ether oxygens (including phenoxy) is 3. The molecule has 3 aliphatic rings. The molecule has 1 aromatic carbocycles. The molecule has 184 valence electrons. The number of carbonyl (C=O) groups is 3. The number of aldehydes is 1. The molecule has 0 saturated heterocycles. The molecule has 0 radical (unpaired) electrons. The van der Waals surface area contributed by atoms with E-state index < -0.39 is 30.1 Å². The van der Waals surface area contributed by atoms with E-state index in [1.807, 2.05) is 0 Å². The van der Waals surface area contributed by atoms with E-state index in [0.29, 0.717) is 46.9 Å². The van der Waals surface area contributed by atoms with Crippen LogP contribution in [0.25, 0.3) is 0 Å². The highest BCUT2D eigenvalue weighted by Crippen LogP contribution is 2.51. The van der Waals surface area contributed by atoms with Crippen LogP contribution in [0.2, 0.25) is 0 Å². The van der Waals surface area contributed by atoms with E-state index >= 15 is 0 Å². The number of rotatable bonds is 10. The quantitative estimate of drug-likeness (QED) is 0.404. The normalized spacial score (nSPS) is 24.9. The second-order valence-electron chi connectivity index (χ2n) is 8.82. The lowest BCUT2D eigenvalue weighted by Crippen LogP contribution is -2.56. The van der Waals surface area contributed by atoms with Crippen LogP contribution in [0.4, 0.5) is 0 Å². The lowest BCUT2D eigenvalue weighted by molar-refractivity contribution is -0.141. The predicted molar refractivity (Wildman–Crippen MR) is 120 cm³/mol. The number of aliphatic hydroxyl groups is 2. The Hall–Kier alpha value is -2.95. The maximum Gasteiger partial charge on any atom is 0.249 e. The van der Waals surface area contributed by atoms with Gasteiger partial charge < -0.3 is 34.6 Å². The predicted octanol–water partition coefficient (Wildman–Crippen LogP) is 0.0153. The van der Waals surface area contributed by atoms with Gasteiger partial charge in [-0.3, -0.25) is 14.4 Å². The molecule has 1 heterocycles. The summed E-state index contributed by atoms with van der Waals surface area (Å²) < 4.78 is 16.6. The molecule has 0 bridgehead atoms. The zero-order chi connectivity index (χ0) is 24.4. The maximum absolute atomic E-state index is 13.2. The van der Waals surface area contributed by atoms with Crippen molar-refractivity contribution in [2.45, 2.75) is 37.0 Å². The van der Waals surface area contributed by atoms with Gasteiger partial charge in [0.25, 0.3) is 0 Å². The minimum Gasteiger partial charge on any atom is -0.493 e. The van der Waals surface area contributed by atoms with Gasteiger partial charge >= 0.3 is 0 Å². The van der Waals surface area contributed by atoms with Crippen molar-refractivity contribution in [3.63, 3.8) is 0 Å². The highest BCUT2D eigenvalue weighted by molar-refractivity contribution is 5.96. The molecule has 1 aliphatic heterocycles. The molecule has 1 saturated carbocycles. The topological polar surface area (TPSA) is 135 Å². The van der Waals surface area contributed by atoms with E-state index in [9.17, 15) is 24.6 Å². The largest absolute Gasteiger partial charge is 0.493 e. The van der Waals surface area contributed by atoms with Crippen LogP contribution in [0.1, 0.15) is 34.7 Å². The summed E-state index contributed by atoms with van der Waals surface area (Å²) in [6, 6.07) is 2.34. The van der Waals surface area contributed by atoms with Crippen LogP contribution >= 0.6 is 0 Å². The molecular formula is C24H30N2O8. The fourth-order valence-corrected chi connectivity index (χ4v) is 4.73. The molecule has 1 fully saturated rings. The fourth-order valence-electron chi connectivity index (χ4n) is 4.73. The number of hydrogen-bond acceptors (Lipinski definition) is 8. The number of nitrogens with zero attached hydrogens (tertiary/aromatic N) is 1. The van der Waals surface area contributed by atoms with Gasteiger partial charge in [-0.15, -0.1) is 0 Å². The standard InChI is InChI=1S/C24H30N2O8/c1-32-12-19(29)26(10-13-3-4-13)17-9-16(24(31)25-5-6-27)20-15-7-14(11-28)8-18(33-2)22(15)34-23(20)21(17)30/h7-9,11,13,17,20-21,23,27,30H,3-6,10,12H2,1-2H3,(H,25,31). The zero-order valence-corrected chi connectivity index (χ0v) is 19.2. The number of fused-ring (bicyclic) bond motifs is 3. The van der Waals surface area contributed by atoms with Gasteiger partial charge in [0, 0.05) is 36.9 Å². The maximum atomic E-state index is 13.2. The van der Waals surface area contributed by atoms with Crippen molar-refractivity contribution in [2.75, 3.05) is 40.5 Å². The van der Waals surface area contributed by atoms with E-state index in [2.05, 4.69) is 5.32 Å². The first-order chi connectivity index (χ1) is 16.4. The molecule has 34 heavy (non-hydrogen) atoms. The molecule has 10 heteroatoms. The Morgan fingerprint density at radius 1 is 1.29 bits per heavy atom. The second kappa shape index (κ2) is 10.1. The highest BCUT2D eigenvalue weighted by Gasteiger charge is 2.51. The molecule has 0 aromatic heterocycles. The van der Waals surface area contributed by atoms with Gasteiger partial charge in [-0.2, -0.15) is 0 Å². The molecule has 1 aromatic rings. The average molecular weight is 475 g/mol. The molecule has 2 aliphatic carbocycles. The Labute approximate surface area is 197 Å².